The molecule has 1 fully saturated rings. The Morgan fingerprint density at radius 3 is 2.67 bits per heavy atom. The van der Waals surface area contributed by atoms with Crippen LogP contribution in [-0.4, -0.2) is 59.0 Å². The summed E-state index contributed by atoms with van der Waals surface area (Å²) in [7, 11) is 0. The normalized spacial score (nSPS) is 19.3. The van der Waals surface area contributed by atoms with Crippen molar-refractivity contribution in [1.82, 2.24) is 20.4 Å². The Kier molecular flexibility index (Phi) is 6.52. The lowest BCUT2D eigenvalue weighted by atomic mass is 9.91. The largest absolute Gasteiger partial charge is 0.493 e. The molecular weight excluding hydrogens is 499 g/mol. The van der Waals surface area contributed by atoms with Crippen molar-refractivity contribution in [3.63, 3.8) is 0 Å². The minimum atomic E-state index is -5.16. The molecule has 190 valence electrons. The van der Waals surface area contributed by atoms with Gasteiger partial charge in [0.2, 0.25) is 0 Å². The maximum Gasteiger partial charge on any atom is 0.493 e. The third kappa shape index (κ3) is 4.85. The van der Waals surface area contributed by atoms with E-state index in [1.807, 2.05) is 12.1 Å². The van der Waals surface area contributed by atoms with Crippen LogP contribution in [0.1, 0.15) is 28.9 Å². The number of nitrogens with one attached hydrogen (secondary N) is 2. The minimum Gasteiger partial charge on any atom is -0.330 e. The number of nitrogens with zero attached hydrogens (tertiary/aromatic N) is 3. The Balaban J connectivity index is 1.26. The molecule has 5 rings (SSSR count). The summed E-state index contributed by atoms with van der Waals surface area (Å²) in [6.07, 6.45) is -4.14. The summed E-state index contributed by atoms with van der Waals surface area (Å²) in [5, 5.41) is 12.6. The van der Waals surface area contributed by atoms with E-state index in [9.17, 15) is 22.8 Å². The van der Waals surface area contributed by atoms with Gasteiger partial charge >= 0.3 is 12.1 Å². The van der Waals surface area contributed by atoms with Crippen LogP contribution in [-0.2, 0) is 16.1 Å². The monoisotopic (exact) mass is 521 g/mol. The number of fused-ring (bicyclic) bond motifs is 2. The molecule has 1 amide bonds. The van der Waals surface area contributed by atoms with Crippen LogP contribution < -0.4 is 10.4 Å². The third-order valence-corrected chi connectivity index (χ3v) is 6.92. The van der Waals surface area contributed by atoms with E-state index in [1.54, 1.807) is 18.2 Å². The smallest absolute Gasteiger partial charge is 0.330 e. The van der Waals surface area contributed by atoms with E-state index < -0.39 is 24.2 Å². The van der Waals surface area contributed by atoms with Gasteiger partial charge in [-0.1, -0.05) is 23.7 Å². The summed E-state index contributed by atoms with van der Waals surface area (Å²) in [6.45, 7) is 2.10. The van der Waals surface area contributed by atoms with Gasteiger partial charge in [-0.15, -0.1) is 0 Å². The van der Waals surface area contributed by atoms with Gasteiger partial charge in [-0.2, -0.15) is 23.3 Å². The zero-order valence-corrected chi connectivity index (χ0v) is 19.8. The fourth-order valence-corrected chi connectivity index (χ4v) is 4.99. The summed E-state index contributed by atoms with van der Waals surface area (Å²) in [4.78, 5) is 31.4. The number of piperidine rings is 1. The fourth-order valence-electron chi connectivity index (χ4n) is 4.82. The molecule has 2 aliphatic heterocycles. The van der Waals surface area contributed by atoms with Crippen molar-refractivity contribution in [2.45, 2.75) is 31.6 Å². The second-order valence-electron chi connectivity index (χ2n) is 8.93. The average Bonchev–Trinajstić information content (AvgIpc) is 3.26. The van der Waals surface area contributed by atoms with Crippen molar-refractivity contribution in [2.24, 2.45) is 5.92 Å². The summed E-state index contributed by atoms with van der Waals surface area (Å²) in [6, 6.07) is 11.7. The molecule has 2 aromatic carbocycles. The maximum atomic E-state index is 13.0. The SMILES string of the molecule is O=C1NC(C2CCN(CCc3[nH]nc4ccc(Cl)cc34)CC2)N(OC(=O)C(F)(F)F)c2ccccc21. The Morgan fingerprint density at radius 1 is 1.17 bits per heavy atom. The first-order chi connectivity index (χ1) is 17.2. The van der Waals surface area contributed by atoms with Crippen LogP contribution in [0.3, 0.4) is 0 Å². The number of rotatable bonds is 5. The first-order valence-electron chi connectivity index (χ1n) is 11.5. The van der Waals surface area contributed by atoms with Crippen molar-refractivity contribution in [3.8, 4) is 0 Å². The molecule has 3 aromatic rings. The molecule has 2 aliphatic rings. The van der Waals surface area contributed by atoms with Gasteiger partial charge in [-0.3, -0.25) is 9.89 Å². The molecule has 0 bridgehead atoms. The van der Waals surface area contributed by atoms with Crippen LogP contribution in [0, 0.1) is 5.92 Å². The molecule has 8 nitrogen and oxygen atoms in total. The zero-order chi connectivity index (χ0) is 25.4. The summed E-state index contributed by atoms with van der Waals surface area (Å²) < 4.78 is 39.0. The summed E-state index contributed by atoms with van der Waals surface area (Å²) in [5.41, 5.74) is 2.11. The van der Waals surface area contributed by atoms with Gasteiger partial charge in [0.25, 0.3) is 5.91 Å². The number of carbonyl (C=O) groups excluding carboxylic acids is 2. The number of carbonyl (C=O) groups is 2. The lowest BCUT2D eigenvalue weighted by molar-refractivity contribution is -0.203. The highest BCUT2D eigenvalue weighted by atomic mass is 35.5. The van der Waals surface area contributed by atoms with Crippen molar-refractivity contribution >= 4 is 40.1 Å². The van der Waals surface area contributed by atoms with Gasteiger partial charge < -0.3 is 15.1 Å². The number of aromatic nitrogens is 2. The molecule has 3 heterocycles. The number of benzene rings is 2. The van der Waals surface area contributed by atoms with Crippen molar-refractivity contribution in [3.05, 3.63) is 58.7 Å². The van der Waals surface area contributed by atoms with E-state index in [1.165, 1.54) is 12.1 Å². The molecule has 0 spiro atoms. The molecule has 0 radical (unpaired) electrons. The van der Waals surface area contributed by atoms with Gasteiger partial charge in [-0.25, -0.2) is 4.79 Å². The van der Waals surface area contributed by atoms with Gasteiger partial charge in [0.15, 0.2) is 0 Å². The number of hydrogen-bond donors (Lipinski definition) is 2. The van der Waals surface area contributed by atoms with Crippen molar-refractivity contribution in [2.75, 3.05) is 24.7 Å². The molecular formula is C24H23ClF3N5O3. The van der Waals surface area contributed by atoms with Crippen LogP contribution in [0.15, 0.2) is 42.5 Å². The molecule has 1 saturated heterocycles. The van der Waals surface area contributed by atoms with E-state index in [-0.39, 0.29) is 17.2 Å². The molecule has 0 saturated carbocycles. The number of H-pyrrole nitrogens is 1. The highest BCUT2D eigenvalue weighted by Gasteiger charge is 2.46. The van der Waals surface area contributed by atoms with Crippen LogP contribution in [0.5, 0.6) is 0 Å². The van der Waals surface area contributed by atoms with Crippen LogP contribution >= 0.6 is 11.6 Å². The van der Waals surface area contributed by atoms with Crippen molar-refractivity contribution < 1.29 is 27.6 Å². The Bertz CT molecular complexity index is 1290. The van der Waals surface area contributed by atoms with E-state index >= 15 is 0 Å². The predicted octanol–water partition coefficient (Wildman–Crippen LogP) is 4.07. The van der Waals surface area contributed by atoms with Crippen LogP contribution in [0.4, 0.5) is 18.9 Å². The molecule has 12 heteroatoms. The minimum absolute atomic E-state index is 0.135. The number of hydroxylamine groups is 1. The molecule has 1 aromatic heterocycles. The van der Waals surface area contributed by atoms with Crippen molar-refractivity contribution in [1.29, 1.82) is 0 Å². The highest BCUT2D eigenvalue weighted by Crippen LogP contribution is 2.34. The number of anilines is 1. The Labute approximate surface area is 209 Å². The van der Waals surface area contributed by atoms with Crippen LogP contribution in [0.25, 0.3) is 10.9 Å². The average molecular weight is 522 g/mol. The fraction of sp³-hybridized carbons (Fsp3) is 0.375. The van der Waals surface area contributed by atoms with E-state index in [0.29, 0.717) is 31.0 Å². The second-order valence-corrected chi connectivity index (χ2v) is 9.37. The number of halogens is 4. The number of alkyl halides is 3. The summed E-state index contributed by atoms with van der Waals surface area (Å²) >= 11 is 6.12. The van der Waals surface area contributed by atoms with Gasteiger partial charge in [0, 0.05) is 35.0 Å². The zero-order valence-electron chi connectivity index (χ0n) is 19.0. The third-order valence-electron chi connectivity index (χ3n) is 6.68. The Hall–Kier alpha value is -3.31. The van der Waals surface area contributed by atoms with E-state index in [4.69, 9.17) is 16.4 Å². The molecule has 1 atom stereocenters. The first-order valence-corrected chi connectivity index (χ1v) is 11.9. The molecule has 36 heavy (non-hydrogen) atoms. The number of likely N-dealkylation sites (tertiary alicyclic amines) is 1. The molecule has 1 unspecified atom stereocenters. The molecule has 2 N–H and O–H groups in total. The number of hydrogen-bond acceptors (Lipinski definition) is 6. The second kappa shape index (κ2) is 9.62. The predicted molar refractivity (Wildman–Crippen MR) is 126 cm³/mol. The van der Waals surface area contributed by atoms with Gasteiger partial charge in [0.1, 0.15) is 6.17 Å². The standard InChI is InChI=1S/C24H23ClF3N5O3/c25-15-5-6-18-17(13-15)19(31-30-18)9-12-32-10-7-14(8-11-32)21-29-22(34)16-3-1-2-4-20(16)33(21)36-23(35)24(26,27)28/h1-6,13-14,21H,7-12H2,(H,29,34)(H,30,31). The number of amides is 1. The lowest BCUT2D eigenvalue weighted by Crippen LogP contribution is -2.59. The first kappa shape index (κ1) is 24.4. The number of para-hydroxylation sites is 1. The van der Waals surface area contributed by atoms with E-state index in [2.05, 4.69) is 20.4 Å². The summed E-state index contributed by atoms with van der Waals surface area (Å²) in [5.74, 6) is -2.96. The van der Waals surface area contributed by atoms with Crippen LogP contribution in [0.2, 0.25) is 5.02 Å². The van der Waals surface area contributed by atoms with Gasteiger partial charge in [-0.05, 0) is 56.3 Å². The van der Waals surface area contributed by atoms with E-state index in [0.717, 1.165) is 34.6 Å². The number of aromatic amines is 1. The maximum absolute atomic E-state index is 13.0. The lowest BCUT2D eigenvalue weighted by Gasteiger charge is -2.43. The highest BCUT2D eigenvalue weighted by molar-refractivity contribution is 6.31. The Morgan fingerprint density at radius 2 is 1.92 bits per heavy atom. The quantitative estimate of drug-likeness (QED) is 0.526. The van der Waals surface area contributed by atoms with Gasteiger partial charge in [0.05, 0.1) is 16.8 Å². The topological polar surface area (TPSA) is 90.6 Å². The molecule has 0 aliphatic carbocycles.